The minimum atomic E-state index is -0.529. The van der Waals surface area contributed by atoms with Crippen molar-refractivity contribution in [3.05, 3.63) is 81.7 Å². The predicted molar refractivity (Wildman–Crippen MR) is 141 cm³/mol. The maximum absolute atomic E-state index is 15.2. The van der Waals surface area contributed by atoms with Crippen molar-refractivity contribution in [1.29, 1.82) is 0 Å². The fourth-order valence-corrected chi connectivity index (χ4v) is 4.60. The van der Waals surface area contributed by atoms with Gasteiger partial charge in [0, 0.05) is 22.3 Å². The molecule has 0 amide bonds. The van der Waals surface area contributed by atoms with Crippen LogP contribution in [-0.4, -0.2) is 29.7 Å². The first-order chi connectivity index (χ1) is 16.2. The Bertz CT molecular complexity index is 1450. The zero-order chi connectivity index (χ0) is 24.6. The molecule has 5 nitrogen and oxygen atoms in total. The summed E-state index contributed by atoms with van der Waals surface area (Å²) in [5.74, 6) is 0.00336. The molecule has 0 N–H and O–H groups in total. The van der Waals surface area contributed by atoms with Gasteiger partial charge < -0.3 is 4.74 Å². The first-order valence-corrected chi connectivity index (χ1v) is 12.3. The summed E-state index contributed by atoms with van der Waals surface area (Å²) < 4.78 is 21.7. The average Bonchev–Trinajstić information content (AvgIpc) is 2.82. The normalized spacial score (nSPS) is 11.7. The Balaban J connectivity index is 1.95. The van der Waals surface area contributed by atoms with Crippen molar-refractivity contribution in [1.82, 2.24) is 14.8 Å². The molecule has 0 saturated heterocycles. The number of pyridine rings is 1. The molecule has 2 aromatic carbocycles. The highest BCUT2D eigenvalue weighted by Gasteiger charge is 2.20. The number of hydrogen-bond acceptors (Lipinski definition) is 4. The number of methoxy groups -OCH3 is 1. The van der Waals surface area contributed by atoms with Crippen LogP contribution in [0.2, 0.25) is 0 Å². The van der Waals surface area contributed by atoms with Crippen LogP contribution in [0.1, 0.15) is 37.6 Å². The van der Waals surface area contributed by atoms with E-state index >= 15 is 4.39 Å². The van der Waals surface area contributed by atoms with E-state index in [2.05, 4.69) is 26.0 Å². The lowest BCUT2D eigenvalue weighted by Gasteiger charge is -2.20. The Morgan fingerprint density at radius 1 is 1.15 bits per heavy atom. The molecule has 2 heterocycles. The first-order valence-electron chi connectivity index (χ1n) is 11.1. The Morgan fingerprint density at radius 2 is 1.91 bits per heavy atom. The molecule has 0 saturated carbocycles. The smallest absolute Gasteiger partial charge is 0.282 e. The van der Waals surface area contributed by atoms with Crippen LogP contribution in [0, 0.1) is 5.82 Å². The number of ether oxygens (including phenoxy) is 1. The molecule has 0 bridgehead atoms. The van der Waals surface area contributed by atoms with Crippen LogP contribution in [0.5, 0.6) is 5.88 Å². The van der Waals surface area contributed by atoms with Gasteiger partial charge in [-0.05, 0) is 46.4 Å². The molecule has 34 heavy (non-hydrogen) atoms. The van der Waals surface area contributed by atoms with Gasteiger partial charge in [-0.2, -0.15) is 9.78 Å². The predicted octanol–water partition coefficient (Wildman–Crippen LogP) is 4.92. The number of hydrogen-bond donors (Lipinski definition) is 0. The van der Waals surface area contributed by atoms with Gasteiger partial charge in [0.05, 0.1) is 30.1 Å². The highest BCUT2D eigenvalue weighted by molar-refractivity contribution is 9.08. The van der Waals surface area contributed by atoms with Crippen molar-refractivity contribution < 1.29 is 9.13 Å². The Labute approximate surface area is 207 Å². The lowest BCUT2D eigenvalue weighted by Crippen LogP contribution is -2.24. The number of alkyl halides is 1. The van der Waals surface area contributed by atoms with Crippen molar-refractivity contribution in [3.8, 4) is 22.7 Å². The van der Waals surface area contributed by atoms with Gasteiger partial charge in [0.1, 0.15) is 13.7 Å². The molecule has 4 aromatic rings. The van der Waals surface area contributed by atoms with Gasteiger partial charge in [0.25, 0.3) is 5.56 Å². The second kappa shape index (κ2) is 9.33. The quantitative estimate of drug-likeness (QED) is 0.276. The SMILES string of the molecule is BCc1c(-c2ccc(OC)nc2CBr)cccc1-n1ncc2cc(C(C)(C)C)cc(F)c2c1=O. The minimum Gasteiger partial charge on any atom is -0.481 e. The van der Waals surface area contributed by atoms with Crippen LogP contribution in [-0.2, 0) is 17.1 Å². The second-order valence-electron chi connectivity index (χ2n) is 9.17. The zero-order valence-electron chi connectivity index (χ0n) is 19.9. The summed E-state index contributed by atoms with van der Waals surface area (Å²) in [7, 11) is 3.61. The number of benzene rings is 2. The average molecular weight is 522 g/mol. The highest BCUT2D eigenvalue weighted by atomic mass is 79.9. The Kier molecular flexibility index (Phi) is 6.63. The van der Waals surface area contributed by atoms with Crippen LogP contribution in [0.25, 0.3) is 27.6 Å². The summed E-state index contributed by atoms with van der Waals surface area (Å²) >= 11 is 3.52. The molecule has 0 aliphatic heterocycles. The third kappa shape index (κ3) is 4.27. The third-order valence-corrected chi connectivity index (χ3v) is 6.54. The maximum Gasteiger partial charge on any atom is 0.282 e. The van der Waals surface area contributed by atoms with Gasteiger partial charge in [-0.3, -0.25) is 4.79 Å². The molecule has 0 radical (unpaired) electrons. The number of fused-ring (bicyclic) bond motifs is 1. The van der Waals surface area contributed by atoms with Crippen LogP contribution in [0.15, 0.2) is 53.5 Å². The van der Waals surface area contributed by atoms with E-state index in [0.717, 1.165) is 27.9 Å². The van der Waals surface area contributed by atoms with E-state index in [1.165, 1.54) is 10.7 Å². The van der Waals surface area contributed by atoms with Crippen molar-refractivity contribution >= 4 is 34.5 Å². The van der Waals surface area contributed by atoms with E-state index in [0.29, 0.717) is 28.6 Å². The molecular formula is C26H26BBrFN3O2. The minimum absolute atomic E-state index is 0.0442. The van der Waals surface area contributed by atoms with Gasteiger partial charge in [-0.1, -0.05) is 55.2 Å². The first kappa shape index (κ1) is 24.1. The number of nitrogens with zero attached hydrogens (tertiary/aromatic N) is 3. The zero-order valence-corrected chi connectivity index (χ0v) is 21.5. The van der Waals surface area contributed by atoms with Crippen LogP contribution < -0.4 is 10.3 Å². The van der Waals surface area contributed by atoms with Crippen molar-refractivity contribution in [2.24, 2.45) is 0 Å². The topological polar surface area (TPSA) is 57.0 Å². The molecule has 8 heteroatoms. The van der Waals surface area contributed by atoms with E-state index < -0.39 is 11.4 Å². The summed E-state index contributed by atoms with van der Waals surface area (Å²) in [6, 6.07) is 12.8. The van der Waals surface area contributed by atoms with E-state index in [4.69, 9.17) is 4.74 Å². The van der Waals surface area contributed by atoms with Gasteiger partial charge in [-0.25, -0.2) is 9.37 Å². The van der Waals surface area contributed by atoms with E-state index in [1.807, 2.05) is 65.0 Å². The summed E-state index contributed by atoms with van der Waals surface area (Å²) in [4.78, 5) is 18.0. The Morgan fingerprint density at radius 3 is 2.56 bits per heavy atom. The summed E-state index contributed by atoms with van der Waals surface area (Å²) in [6.45, 7) is 6.03. The monoisotopic (exact) mass is 521 g/mol. The second-order valence-corrected chi connectivity index (χ2v) is 9.73. The molecule has 2 aromatic heterocycles. The molecule has 0 aliphatic rings. The van der Waals surface area contributed by atoms with Crippen molar-refractivity contribution in [2.45, 2.75) is 37.8 Å². The van der Waals surface area contributed by atoms with E-state index in [9.17, 15) is 4.79 Å². The van der Waals surface area contributed by atoms with Gasteiger partial charge >= 0.3 is 0 Å². The molecule has 0 atom stereocenters. The van der Waals surface area contributed by atoms with Gasteiger partial charge in [-0.15, -0.1) is 0 Å². The number of aromatic nitrogens is 3. The van der Waals surface area contributed by atoms with E-state index in [-0.39, 0.29) is 10.8 Å². The van der Waals surface area contributed by atoms with Crippen LogP contribution in [0.4, 0.5) is 4.39 Å². The highest BCUT2D eigenvalue weighted by Crippen LogP contribution is 2.32. The molecular weight excluding hydrogens is 496 g/mol. The lowest BCUT2D eigenvalue weighted by molar-refractivity contribution is 0.397. The third-order valence-electron chi connectivity index (χ3n) is 6.01. The number of halogens is 2. The van der Waals surface area contributed by atoms with Crippen LogP contribution >= 0.6 is 15.9 Å². The molecule has 0 spiro atoms. The molecule has 0 unspecified atom stereocenters. The fourth-order valence-electron chi connectivity index (χ4n) is 4.18. The molecule has 174 valence electrons. The molecule has 0 fully saturated rings. The summed E-state index contributed by atoms with van der Waals surface area (Å²) in [5.41, 5.74) is 4.37. The van der Waals surface area contributed by atoms with E-state index in [1.54, 1.807) is 13.3 Å². The van der Waals surface area contributed by atoms with Crippen molar-refractivity contribution in [3.63, 3.8) is 0 Å². The van der Waals surface area contributed by atoms with Crippen molar-refractivity contribution in [2.75, 3.05) is 7.11 Å². The van der Waals surface area contributed by atoms with Gasteiger partial charge in [0.15, 0.2) is 0 Å². The number of rotatable bonds is 5. The molecule has 4 rings (SSSR count). The maximum atomic E-state index is 15.2. The lowest BCUT2D eigenvalue weighted by atomic mass is 9.86. The summed E-state index contributed by atoms with van der Waals surface area (Å²) in [6.07, 6.45) is 2.22. The van der Waals surface area contributed by atoms with Crippen LogP contribution in [0.3, 0.4) is 0 Å². The fraction of sp³-hybridized carbons (Fsp3) is 0.269. The summed E-state index contributed by atoms with van der Waals surface area (Å²) in [5, 5.41) is 5.54. The largest absolute Gasteiger partial charge is 0.481 e. The standard InChI is InChI=1S/C26H26BBrFN3O2/c1-26(2,3)16-10-15-14-30-32(25(33)24(15)20(29)11-16)22-7-5-6-17(19(22)12-27)18-8-9-23(34-4)31-21(18)13-28/h5-11,14H,12-13,27H2,1-4H3. The Hall–Kier alpha value is -3.00. The van der Waals surface area contributed by atoms with Gasteiger partial charge in [0.2, 0.25) is 5.88 Å². The molecule has 0 aliphatic carbocycles.